The summed E-state index contributed by atoms with van der Waals surface area (Å²) in [6.07, 6.45) is 2.40. The predicted octanol–water partition coefficient (Wildman–Crippen LogP) is 4.54. The maximum Gasteiger partial charge on any atom is 0.320 e. The van der Waals surface area contributed by atoms with Crippen LogP contribution in [0.5, 0.6) is 5.75 Å². The van der Waals surface area contributed by atoms with E-state index in [1.165, 1.54) is 0 Å². The molecule has 1 atom stereocenters. The molecule has 0 spiro atoms. The van der Waals surface area contributed by atoms with Crippen molar-refractivity contribution in [1.29, 1.82) is 0 Å². The Morgan fingerprint density at radius 3 is 2.48 bits per heavy atom. The molecule has 27 heavy (non-hydrogen) atoms. The summed E-state index contributed by atoms with van der Waals surface area (Å²) in [6, 6.07) is 9.50. The van der Waals surface area contributed by atoms with Gasteiger partial charge in [-0.2, -0.15) is 0 Å². The number of amides is 2. The molecule has 6 heteroatoms. The van der Waals surface area contributed by atoms with Gasteiger partial charge >= 0.3 is 6.03 Å². The second-order valence-corrected chi connectivity index (χ2v) is 6.83. The quantitative estimate of drug-likeness (QED) is 0.634. The summed E-state index contributed by atoms with van der Waals surface area (Å²) >= 11 is 0. The van der Waals surface area contributed by atoms with Crippen molar-refractivity contribution in [2.45, 2.75) is 40.2 Å². The summed E-state index contributed by atoms with van der Waals surface area (Å²) in [6.45, 7) is 7.71. The van der Waals surface area contributed by atoms with E-state index in [4.69, 9.17) is 0 Å². The lowest BCUT2D eigenvalue weighted by molar-refractivity contribution is 0.249. The molecule has 0 saturated heterocycles. The monoisotopic (exact) mass is 364 g/mol. The van der Waals surface area contributed by atoms with E-state index < -0.39 is 0 Å². The summed E-state index contributed by atoms with van der Waals surface area (Å²) < 4.78 is 0. The molecule has 0 radical (unpaired) electrons. The highest BCUT2D eigenvalue weighted by Crippen LogP contribution is 2.30. The van der Waals surface area contributed by atoms with Crippen molar-refractivity contribution in [2.24, 2.45) is 0 Å². The van der Waals surface area contributed by atoms with E-state index in [9.17, 15) is 9.90 Å². The molecule has 3 aromatic rings. The Labute approximate surface area is 158 Å². The number of hydrogen-bond donors (Lipinski definition) is 3. The predicted molar refractivity (Wildman–Crippen MR) is 108 cm³/mol. The zero-order valence-electron chi connectivity index (χ0n) is 16.0. The first-order valence-corrected chi connectivity index (χ1v) is 9.02. The fourth-order valence-corrected chi connectivity index (χ4v) is 2.85. The van der Waals surface area contributed by atoms with Crippen LogP contribution in [0, 0.1) is 13.8 Å². The van der Waals surface area contributed by atoms with Gasteiger partial charge in [-0.3, -0.25) is 10.3 Å². The molecule has 3 rings (SSSR count). The van der Waals surface area contributed by atoms with Gasteiger partial charge in [-0.1, -0.05) is 13.0 Å². The Kier molecular flexibility index (Phi) is 5.26. The second-order valence-electron chi connectivity index (χ2n) is 6.83. The first-order chi connectivity index (χ1) is 12.9. The van der Waals surface area contributed by atoms with Gasteiger partial charge in [0.05, 0.1) is 17.2 Å². The lowest BCUT2D eigenvalue weighted by atomic mass is 9.99. The number of aromatic hydroxyl groups is 1. The summed E-state index contributed by atoms with van der Waals surface area (Å²) in [7, 11) is 0. The number of carbonyl (C=O) groups excluding carboxylic acids is 1. The number of aryl methyl sites for hydroxylation is 2. The largest absolute Gasteiger partial charge is 0.507 e. The van der Waals surface area contributed by atoms with E-state index >= 15 is 0 Å². The maximum absolute atomic E-state index is 12.0. The molecule has 6 nitrogen and oxygen atoms in total. The molecule has 0 saturated carbocycles. The highest BCUT2D eigenvalue weighted by Gasteiger charge is 2.09. The minimum atomic E-state index is -0.293. The van der Waals surface area contributed by atoms with Gasteiger partial charge in [0.1, 0.15) is 5.75 Å². The Morgan fingerprint density at radius 1 is 1.11 bits per heavy atom. The Bertz CT molecular complexity index is 978. The number of phenols is 1. The van der Waals surface area contributed by atoms with Crippen LogP contribution < -0.4 is 10.6 Å². The molecule has 140 valence electrons. The zero-order chi connectivity index (χ0) is 19.6. The van der Waals surface area contributed by atoms with Crippen LogP contribution in [0.2, 0.25) is 0 Å². The van der Waals surface area contributed by atoms with Gasteiger partial charge in [-0.15, -0.1) is 0 Å². The number of carbonyl (C=O) groups is 1. The molecular formula is C21H24N4O2. The second kappa shape index (κ2) is 7.61. The van der Waals surface area contributed by atoms with Gasteiger partial charge in [-0.05, 0) is 73.7 Å². The number of nitrogens with one attached hydrogen (secondary N) is 2. The van der Waals surface area contributed by atoms with Gasteiger partial charge in [0.15, 0.2) is 5.82 Å². The lowest BCUT2D eigenvalue weighted by Gasteiger charge is -2.12. The van der Waals surface area contributed by atoms with Gasteiger partial charge in [0.2, 0.25) is 0 Å². The Balaban J connectivity index is 1.91. The third-order valence-corrected chi connectivity index (χ3v) is 4.60. The van der Waals surface area contributed by atoms with Gasteiger partial charge in [0, 0.05) is 6.04 Å². The van der Waals surface area contributed by atoms with E-state index in [0.717, 1.165) is 34.2 Å². The molecule has 0 aliphatic rings. The number of benzene rings is 2. The number of nitrogens with zero attached hydrogens (tertiary/aromatic N) is 2. The normalized spacial score (nSPS) is 12.0. The van der Waals surface area contributed by atoms with Crippen molar-refractivity contribution in [3.8, 4) is 16.9 Å². The van der Waals surface area contributed by atoms with Crippen LogP contribution in [-0.4, -0.2) is 27.1 Å². The van der Waals surface area contributed by atoms with Crippen molar-refractivity contribution in [3.63, 3.8) is 0 Å². The van der Waals surface area contributed by atoms with Crippen LogP contribution in [0.25, 0.3) is 22.2 Å². The molecule has 0 fully saturated rings. The lowest BCUT2D eigenvalue weighted by Crippen LogP contribution is -2.35. The summed E-state index contributed by atoms with van der Waals surface area (Å²) in [5.74, 6) is 0.719. The topological polar surface area (TPSA) is 87.1 Å². The minimum Gasteiger partial charge on any atom is -0.507 e. The van der Waals surface area contributed by atoms with E-state index in [2.05, 4.69) is 20.6 Å². The minimum absolute atomic E-state index is 0.0889. The molecule has 1 heterocycles. The number of aromatic nitrogens is 2. The van der Waals surface area contributed by atoms with Crippen molar-refractivity contribution in [3.05, 3.63) is 47.7 Å². The Morgan fingerprint density at radius 2 is 1.81 bits per heavy atom. The standard InChI is InChI=1S/C21H24N4O2/c1-5-14(4)23-21(27)25-19-11-22-17-7-6-15(10-18(17)24-19)16-8-12(2)20(26)13(3)9-16/h6-11,14,26H,5H2,1-4H3,(H2,23,24,25,27). The highest BCUT2D eigenvalue weighted by atomic mass is 16.3. The van der Waals surface area contributed by atoms with Crippen LogP contribution in [0.15, 0.2) is 36.5 Å². The number of fused-ring (bicyclic) bond motifs is 1. The highest BCUT2D eigenvalue weighted by molar-refractivity contribution is 5.90. The number of urea groups is 1. The molecule has 1 unspecified atom stereocenters. The van der Waals surface area contributed by atoms with E-state index in [1.807, 2.05) is 58.0 Å². The third kappa shape index (κ3) is 4.16. The molecule has 1 aromatic heterocycles. The van der Waals surface area contributed by atoms with Crippen molar-refractivity contribution in [1.82, 2.24) is 15.3 Å². The number of phenolic OH excluding ortho intramolecular Hbond substituents is 1. The van der Waals surface area contributed by atoms with Crippen LogP contribution in [0.4, 0.5) is 10.6 Å². The van der Waals surface area contributed by atoms with Crippen LogP contribution in [0.3, 0.4) is 0 Å². The molecule has 0 aliphatic heterocycles. The maximum atomic E-state index is 12.0. The van der Waals surface area contributed by atoms with Crippen LogP contribution in [-0.2, 0) is 0 Å². The fourth-order valence-electron chi connectivity index (χ4n) is 2.85. The van der Waals surface area contributed by atoms with Gasteiger partial charge < -0.3 is 10.4 Å². The summed E-state index contributed by atoms with van der Waals surface area (Å²) in [5, 5.41) is 15.5. The van der Waals surface area contributed by atoms with Gasteiger partial charge in [0.25, 0.3) is 0 Å². The molecular weight excluding hydrogens is 340 g/mol. The first kappa shape index (κ1) is 18.6. The average molecular weight is 364 g/mol. The van der Waals surface area contributed by atoms with Crippen LogP contribution in [0.1, 0.15) is 31.4 Å². The molecule has 3 N–H and O–H groups in total. The SMILES string of the molecule is CCC(C)NC(=O)Nc1cnc2ccc(-c3cc(C)c(O)c(C)c3)cc2n1. The molecule has 2 amide bonds. The number of rotatable bonds is 4. The fraction of sp³-hybridized carbons (Fsp3) is 0.286. The van der Waals surface area contributed by atoms with E-state index in [-0.39, 0.29) is 12.1 Å². The molecule has 0 bridgehead atoms. The van der Waals surface area contributed by atoms with Gasteiger partial charge in [-0.25, -0.2) is 9.78 Å². The number of hydrogen-bond acceptors (Lipinski definition) is 4. The average Bonchev–Trinajstić information content (AvgIpc) is 2.64. The van der Waals surface area contributed by atoms with Crippen molar-refractivity contribution in [2.75, 3.05) is 5.32 Å². The number of anilines is 1. The Hall–Kier alpha value is -3.15. The first-order valence-electron chi connectivity index (χ1n) is 9.02. The van der Waals surface area contributed by atoms with Crippen molar-refractivity contribution >= 4 is 22.9 Å². The zero-order valence-corrected chi connectivity index (χ0v) is 16.0. The summed E-state index contributed by atoms with van der Waals surface area (Å²) in [4.78, 5) is 20.9. The third-order valence-electron chi connectivity index (χ3n) is 4.60. The smallest absolute Gasteiger partial charge is 0.320 e. The van der Waals surface area contributed by atoms with Crippen molar-refractivity contribution < 1.29 is 9.90 Å². The molecule has 0 aliphatic carbocycles. The summed E-state index contributed by atoms with van der Waals surface area (Å²) in [5.41, 5.74) is 5.07. The molecule has 2 aromatic carbocycles. The van der Waals surface area contributed by atoms with E-state index in [0.29, 0.717) is 17.1 Å². The van der Waals surface area contributed by atoms with Crippen LogP contribution >= 0.6 is 0 Å². The van der Waals surface area contributed by atoms with E-state index in [1.54, 1.807) is 6.20 Å².